The van der Waals surface area contributed by atoms with Crippen LogP contribution in [-0.4, -0.2) is 33.5 Å². The SMILES string of the molecule is Nc1ccn([C@H]2C[C@H](F)[C@@H](CO)O2)c(=O)n1. The molecule has 3 N–H and O–H groups in total. The standard InChI is InChI=1S/C9H12FN3O3/c10-5-3-8(16-6(5)4-14)13-2-1-7(11)12-9(13)15/h1-2,5-6,8,14H,3-4H2,(H2,11,12,15)/t5-,6+,8+/m0/s1. The van der Waals surface area contributed by atoms with Gasteiger partial charge in [0, 0.05) is 12.6 Å². The molecule has 0 spiro atoms. The summed E-state index contributed by atoms with van der Waals surface area (Å²) in [6.45, 7) is -0.408. The molecule has 1 fully saturated rings. The molecule has 0 saturated carbocycles. The molecule has 0 bridgehead atoms. The summed E-state index contributed by atoms with van der Waals surface area (Å²) < 4.78 is 19.6. The van der Waals surface area contributed by atoms with Gasteiger partial charge in [0.05, 0.1) is 6.61 Å². The maximum Gasteiger partial charge on any atom is 0.351 e. The second-order valence-electron chi connectivity index (χ2n) is 3.61. The Balaban J connectivity index is 2.23. The van der Waals surface area contributed by atoms with Crippen molar-refractivity contribution in [1.82, 2.24) is 9.55 Å². The average molecular weight is 229 g/mol. The molecule has 2 heterocycles. The predicted molar refractivity (Wildman–Crippen MR) is 53.4 cm³/mol. The smallest absolute Gasteiger partial charge is 0.351 e. The number of alkyl halides is 1. The van der Waals surface area contributed by atoms with Gasteiger partial charge in [0.1, 0.15) is 24.3 Å². The molecule has 0 unspecified atom stereocenters. The van der Waals surface area contributed by atoms with Crippen molar-refractivity contribution in [2.24, 2.45) is 0 Å². The van der Waals surface area contributed by atoms with Crippen LogP contribution in [0.4, 0.5) is 10.2 Å². The summed E-state index contributed by atoms with van der Waals surface area (Å²) in [6, 6.07) is 1.43. The number of nitrogens with two attached hydrogens (primary N) is 1. The van der Waals surface area contributed by atoms with Crippen molar-refractivity contribution < 1.29 is 14.2 Å². The first kappa shape index (κ1) is 11.0. The van der Waals surface area contributed by atoms with Gasteiger partial charge in [-0.2, -0.15) is 4.98 Å². The van der Waals surface area contributed by atoms with Gasteiger partial charge in [0.2, 0.25) is 0 Å². The van der Waals surface area contributed by atoms with Crippen molar-refractivity contribution in [3.8, 4) is 0 Å². The Bertz CT molecular complexity index is 436. The van der Waals surface area contributed by atoms with E-state index in [0.717, 1.165) is 0 Å². The highest BCUT2D eigenvalue weighted by atomic mass is 19.1. The molecule has 16 heavy (non-hydrogen) atoms. The van der Waals surface area contributed by atoms with Crippen LogP contribution in [0.2, 0.25) is 0 Å². The summed E-state index contributed by atoms with van der Waals surface area (Å²) in [4.78, 5) is 14.9. The van der Waals surface area contributed by atoms with Gasteiger partial charge in [0.15, 0.2) is 0 Å². The van der Waals surface area contributed by atoms with E-state index in [2.05, 4.69) is 4.98 Å². The Labute approximate surface area is 90.5 Å². The van der Waals surface area contributed by atoms with E-state index in [0.29, 0.717) is 0 Å². The molecular formula is C9H12FN3O3. The number of aromatic nitrogens is 2. The fraction of sp³-hybridized carbons (Fsp3) is 0.556. The topological polar surface area (TPSA) is 90.4 Å². The van der Waals surface area contributed by atoms with Crippen molar-refractivity contribution in [1.29, 1.82) is 0 Å². The number of hydrogen-bond donors (Lipinski definition) is 2. The third-order valence-electron chi connectivity index (χ3n) is 2.50. The van der Waals surface area contributed by atoms with E-state index in [-0.39, 0.29) is 12.2 Å². The zero-order valence-corrected chi connectivity index (χ0v) is 8.41. The molecule has 1 aromatic heterocycles. The molecule has 0 aromatic carbocycles. The minimum atomic E-state index is -1.28. The van der Waals surface area contributed by atoms with Gasteiger partial charge < -0.3 is 15.6 Å². The lowest BCUT2D eigenvalue weighted by Crippen LogP contribution is -2.27. The monoisotopic (exact) mass is 229 g/mol. The lowest BCUT2D eigenvalue weighted by atomic mass is 10.2. The van der Waals surface area contributed by atoms with Gasteiger partial charge in [-0.15, -0.1) is 0 Å². The number of rotatable bonds is 2. The van der Waals surface area contributed by atoms with Gasteiger partial charge in [-0.3, -0.25) is 4.57 Å². The first-order chi connectivity index (χ1) is 7.61. The summed E-state index contributed by atoms with van der Waals surface area (Å²) in [7, 11) is 0. The Morgan fingerprint density at radius 2 is 2.50 bits per heavy atom. The molecule has 0 amide bonds. The highest BCUT2D eigenvalue weighted by Crippen LogP contribution is 2.29. The van der Waals surface area contributed by atoms with Crippen LogP contribution >= 0.6 is 0 Å². The first-order valence-electron chi connectivity index (χ1n) is 4.87. The van der Waals surface area contributed by atoms with Gasteiger partial charge >= 0.3 is 5.69 Å². The van der Waals surface area contributed by atoms with Crippen molar-refractivity contribution in [3.63, 3.8) is 0 Å². The minimum absolute atomic E-state index is 0.0245. The molecular weight excluding hydrogens is 217 g/mol. The van der Waals surface area contributed by atoms with Crippen LogP contribution in [0.3, 0.4) is 0 Å². The number of nitrogen functional groups attached to an aromatic ring is 1. The molecule has 1 saturated heterocycles. The lowest BCUT2D eigenvalue weighted by molar-refractivity contribution is -0.0355. The molecule has 6 nitrogen and oxygen atoms in total. The summed E-state index contributed by atoms with van der Waals surface area (Å²) in [6.07, 6.45) is -1.46. The number of aliphatic hydroxyl groups is 1. The number of anilines is 1. The molecule has 88 valence electrons. The van der Waals surface area contributed by atoms with Crippen LogP contribution in [0.15, 0.2) is 17.1 Å². The maximum atomic E-state index is 13.3. The van der Waals surface area contributed by atoms with E-state index in [9.17, 15) is 9.18 Å². The van der Waals surface area contributed by atoms with Crippen LogP contribution in [0.25, 0.3) is 0 Å². The second kappa shape index (κ2) is 4.18. The third-order valence-corrected chi connectivity index (χ3v) is 2.50. The van der Waals surface area contributed by atoms with Crippen LogP contribution in [0, 0.1) is 0 Å². The number of nitrogens with zero attached hydrogens (tertiary/aromatic N) is 2. The highest BCUT2D eigenvalue weighted by molar-refractivity contribution is 5.23. The molecule has 1 aromatic rings. The van der Waals surface area contributed by atoms with Crippen molar-refractivity contribution in [2.45, 2.75) is 24.9 Å². The maximum absolute atomic E-state index is 13.3. The van der Waals surface area contributed by atoms with E-state index in [1.54, 1.807) is 0 Å². The van der Waals surface area contributed by atoms with E-state index >= 15 is 0 Å². The van der Waals surface area contributed by atoms with Crippen molar-refractivity contribution in [3.05, 3.63) is 22.7 Å². The Kier molecular flexibility index (Phi) is 2.88. The number of halogens is 1. The summed E-state index contributed by atoms with van der Waals surface area (Å²) in [5, 5.41) is 8.83. The molecule has 0 radical (unpaired) electrons. The van der Waals surface area contributed by atoms with Crippen LogP contribution < -0.4 is 11.4 Å². The number of aliphatic hydroxyl groups excluding tert-OH is 1. The Morgan fingerprint density at radius 3 is 3.06 bits per heavy atom. The van der Waals surface area contributed by atoms with E-state index in [1.807, 2.05) is 0 Å². The fourth-order valence-electron chi connectivity index (χ4n) is 1.67. The Hall–Kier alpha value is -1.47. The first-order valence-corrected chi connectivity index (χ1v) is 4.87. The van der Waals surface area contributed by atoms with Crippen LogP contribution in [0.5, 0.6) is 0 Å². The van der Waals surface area contributed by atoms with Crippen LogP contribution in [0.1, 0.15) is 12.6 Å². The Morgan fingerprint density at radius 1 is 1.75 bits per heavy atom. The zero-order chi connectivity index (χ0) is 11.7. The third kappa shape index (κ3) is 1.91. The molecule has 0 aliphatic carbocycles. The normalized spacial score (nSPS) is 29.5. The largest absolute Gasteiger partial charge is 0.394 e. The molecule has 2 rings (SSSR count). The minimum Gasteiger partial charge on any atom is -0.394 e. The lowest BCUT2D eigenvalue weighted by Gasteiger charge is -2.13. The average Bonchev–Trinajstić information content (AvgIpc) is 2.59. The van der Waals surface area contributed by atoms with Gasteiger partial charge in [-0.1, -0.05) is 0 Å². The second-order valence-corrected chi connectivity index (χ2v) is 3.61. The van der Waals surface area contributed by atoms with E-state index in [1.165, 1.54) is 16.8 Å². The molecule has 1 aliphatic rings. The van der Waals surface area contributed by atoms with Gasteiger partial charge in [-0.05, 0) is 6.07 Å². The van der Waals surface area contributed by atoms with Crippen LogP contribution in [-0.2, 0) is 4.74 Å². The van der Waals surface area contributed by atoms with Gasteiger partial charge in [-0.25, -0.2) is 9.18 Å². The van der Waals surface area contributed by atoms with Crippen molar-refractivity contribution >= 4 is 5.82 Å². The quantitative estimate of drug-likeness (QED) is 0.709. The number of ether oxygens (including phenoxy) is 1. The number of hydrogen-bond acceptors (Lipinski definition) is 5. The van der Waals surface area contributed by atoms with Gasteiger partial charge in [0.25, 0.3) is 0 Å². The fourth-order valence-corrected chi connectivity index (χ4v) is 1.67. The summed E-state index contributed by atoms with van der Waals surface area (Å²) in [5.74, 6) is 0.106. The predicted octanol–water partition coefficient (Wildman–Crippen LogP) is -0.557. The molecule has 7 heteroatoms. The zero-order valence-electron chi connectivity index (χ0n) is 8.41. The van der Waals surface area contributed by atoms with Crippen molar-refractivity contribution in [2.75, 3.05) is 12.3 Å². The van der Waals surface area contributed by atoms with E-state index in [4.69, 9.17) is 15.6 Å². The summed E-state index contributed by atoms with van der Waals surface area (Å²) >= 11 is 0. The van der Waals surface area contributed by atoms with E-state index < -0.39 is 30.8 Å². The highest BCUT2D eigenvalue weighted by Gasteiger charge is 2.36. The molecule has 1 aliphatic heterocycles. The summed E-state index contributed by atoms with van der Waals surface area (Å²) in [5.41, 5.74) is 4.74. The molecule has 3 atom stereocenters.